The van der Waals surface area contributed by atoms with Gasteiger partial charge in [0.25, 0.3) is 0 Å². The maximum atomic E-state index is 5.80. The molecule has 0 radical (unpaired) electrons. The highest BCUT2D eigenvalue weighted by Crippen LogP contribution is 2.17. The molecule has 0 atom stereocenters. The van der Waals surface area contributed by atoms with Crippen LogP contribution in [0.1, 0.15) is 51.0 Å². The van der Waals surface area contributed by atoms with E-state index in [1.807, 2.05) is 24.3 Å². The molecule has 1 rings (SSSR count). The van der Waals surface area contributed by atoms with Gasteiger partial charge in [-0.2, -0.15) is 0 Å². The van der Waals surface area contributed by atoms with Crippen molar-refractivity contribution in [3.63, 3.8) is 0 Å². The molecule has 0 bridgehead atoms. The lowest BCUT2D eigenvalue weighted by atomic mass is 10.1. The molecule has 104 valence electrons. The number of hydrogen-bond acceptors (Lipinski definition) is 2. The second-order valence-electron chi connectivity index (χ2n) is 4.62. The van der Waals surface area contributed by atoms with Gasteiger partial charge in [-0.05, 0) is 18.6 Å². The van der Waals surface area contributed by atoms with E-state index in [4.69, 9.17) is 10.5 Å². The monoisotopic (exact) mass is 259 g/mol. The zero-order valence-corrected chi connectivity index (χ0v) is 12.0. The number of hydrogen-bond donors (Lipinski definition) is 1. The fraction of sp³-hybridized carbons (Fsp3) is 0.529. The van der Waals surface area contributed by atoms with E-state index in [0.717, 1.165) is 24.3 Å². The van der Waals surface area contributed by atoms with Crippen molar-refractivity contribution in [2.24, 2.45) is 5.73 Å². The molecule has 1 aromatic rings. The van der Waals surface area contributed by atoms with Crippen molar-refractivity contribution in [1.29, 1.82) is 0 Å². The Labute approximate surface area is 117 Å². The predicted octanol–water partition coefficient (Wildman–Crippen LogP) is 3.74. The molecule has 0 heterocycles. The molecule has 0 unspecified atom stereocenters. The van der Waals surface area contributed by atoms with Crippen LogP contribution in [-0.4, -0.2) is 13.2 Å². The summed E-state index contributed by atoms with van der Waals surface area (Å²) in [5, 5.41) is 0. The molecular formula is C17H25NO. The minimum absolute atomic E-state index is 0.381. The van der Waals surface area contributed by atoms with Gasteiger partial charge in [0.05, 0.1) is 18.7 Å². The summed E-state index contributed by atoms with van der Waals surface area (Å²) in [5.41, 5.74) is 6.32. The number of rotatable bonds is 8. The van der Waals surface area contributed by atoms with E-state index in [1.165, 1.54) is 32.1 Å². The van der Waals surface area contributed by atoms with Crippen LogP contribution in [0.15, 0.2) is 24.3 Å². The van der Waals surface area contributed by atoms with Crippen molar-refractivity contribution in [1.82, 2.24) is 0 Å². The van der Waals surface area contributed by atoms with Crippen LogP contribution in [0.2, 0.25) is 0 Å². The molecule has 2 N–H and O–H groups in total. The molecule has 2 heteroatoms. The highest BCUT2D eigenvalue weighted by Gasteiger charge is 1.99. The van der Waals surface area contributed by atoms with Crippen molar-refractivity contribution >= 4 is 0 Å². The van der Waals surface area contributed by atoms with Gasteiger partial charge >= 0.3 is 0 Å². The SMILES string of the molecule is CCCCCCCCOc1ccccc1C#CCN. The topological polar surface area (TPSA) is 35.2 Å². The lowest BCUT2D eigenvalue weighted by Crippen LogP contribution is -1.99. The standard InChI is InChI=1S/C17H25NO/c1-2-3-4-5-6-9-15-19-17-13-8-7-11-16(17)12-10-14-18/h7-8,11,13H,2-6,9,14-15,18H2,1H3. The van der Waals surface area contributed by atoms with Gasteiger partial charge in [0.2, 0.25) is 0 Å². The summed E-state index contributed by atoms with van der Waals surface area (Å²) in [6.07, 6.45) is 7.65. The minimum Gasteiger partial charge on any atom is -0.492 e. The van der Waals surface area contributed by atoms with E-state index in [-0.39, 0.29) is 0 Å². The predicted molar refractivity (Wildman–Crippen MR) is 81.2 cm³/mol. The minimum atomic E-state index is 0.381. The Hall–Kier alpha value is -1.46. The van der Waals surface area contributed by atoms with Crippen LogP contribution in [0.25, 0.3) is 0 Å². The Morgan fingerprint density at radius 1 is 1.05 bits per heavy atom. The summed E-state index contributed by atoms with van der Waals surface area (Å²) in [6.45, 7) is 3.39. The molecule has 0 amide bonds. The Morgan fingerprint density at radius 3 is 2.58 bits per heavy atom. The van der Waals surface area contributed by atoms with Crippen molar-refractivity contribution in [3.8, 4) is 17.6 Å². The third-order valence-corrected chi connectivity index (χ3v) is 2.97. The van der Waals surface area contributed by atoms with Crippen LogP contribution < -0.4 is 10.5 Å². The van der Waals surface area contributed by atoms with Gasteiger partial charge in [0.1, 0.15) is 5.75 Å². The van der Waals surface area contributed by atoms with Crippen molar-refractivity contribution < 1.29 is 4.74 Å². The Bertz CT molecular complexity index is 403. The van der Waals surface area contributed by atoms with Gasteiger partial charge in [-0.15, -0.1) is 0 Å². The molecule has 0 saturated carbocycles. The highest BCUT2D eigenvalue weighted by molar-refractivity contribution is 5.45. The van der Waals surface area contributed by atoms with Crippen LogP contribution in [0.4, 0.5) is 0 Å². The number of unbranched alkanes of at least 4 members (excludes halogenated alkanes) is 5. The number of para-hydroxylation sites is 1. The largest absolute Gasteiger partial charge is 0.492 e. The molecule has 2 nitrogen and oxygen atoms in total. The second kappa shape index (κ2) is 10.5. The van der Waals surface area contributed by atoms with Gasteiger partial charge in [-0.3, -0.25) is 0 Å². The molecule has 1 aromatic carbocycles. The van der Waals surface area contributed by atoms with E-state index in [9.17, 15) is 0 Å². The normalized spacial score (nSPS) is 9.79. The molecule has 0 saturated heterocycles. The molecular weight excluding hydrogens is 234 g/mol. The molecule has 0 aromatic heterocycles. The average molecular weight is 259 g/mol. The van der Waals surface area contributed by atoms with E-state index in [2.05, 4.69) is 18.8 Å². The average Bonchev–Trinajstić information content (AvgIpc) is 2.45. The summed E-state index contributed by atoms with van der Waals surface area (Å²) in [6, 6.07) is 7.89. The lowest BCUT2D eigenvalue weighted by Gasteiger charge is -2.08. The van der Waals surface area contributed by atoms with Crippen LogP contribution in [0.3, 0.4) is 0 Å². The number of ether oxygens (including phenoxy) is 1. The molecule has 0 aliphatic carbocycles. The molecule has 19 heavy (non-hydrogen) atoms. The van der Waals surface area contributed by atoms with Crippen LogP contribution in [0, 0.1) is 11.8 Å². The maximum absolute atomic E-state index is 5.80. The Balaban J connectivity index is 2.29. The first kappa shape index (κ1) is 15.6. The summed E-state index contributed by atoms with van der Waals surface area (Å²) < 4.78 is 5.80. The first-order valence-electron chi connectivity index (χ1n) is 7.29. The van der Waals surface area contributed by atoms with Gasteiger partial charge < -0.3 is 10.5 Å². The smallest absolute Gasteiger partial charge is 0.134 e. The van der Waals surface area contributed by atoms with Crippen molar-refractivity contribution in [3.05, 3.63) is 29.8 Å². The van der Waals surface area contributed by atoms with Crippen LogP contribution >= 0.6 is 0 Å². The summed E-state index contributed by atoms with van der Waals surface area (Å²) in [5.74, 6) is 6.78. The quantitative estimate of drug-likeness (QED) is 0.570. The molecule has 0 aliphatic heterocycles. The van der Waals surface area contributed by atoms with E-state index >= 15 is 0 Å². The third kappa shape index (κ3) is 6.88. The highest BCUT2D eigenvalue weighted by atomic mass is 16.5. The van der Waals surface area contributed by atoms with Gasteiger partial charge in [0, 0.05) is 0 Å². The summed E-state index contributed by atoms with van der Waals surface area (Å²) in [4.78, 5) is 0. The fourth-order valence-corrected chi connectivity index (χ4v) is 1.91. The first-order valence-corrected chi connectivity index (χ1v) is 7.29. The van der Waals surface area contributed by atoms with Crippen molar-refractivity contribution in [2.75, 3.05) is 13.2 Å². The van der Waals surface area contributed by atoms with Gasteiger partial charge in [-0.25, -0.2) is 0 Å². The third-order valence-electron chi connectivity index (χ3n) is 2.97. The molecule has 0 spiro atoms. The van der Waals surface area contributed by atoms with Gasteiger partial charge in [0.15, 0.2) is 0 Å². The first-order chi connectivity index (χ1) is 9.38. The summed E-state index contributed by atoms with van der Waals surface area (Å²) >= 11 is 0. The number of benzene rings is 1. The van der Waals surface area contributed by atoms with Crippen LogP contribution in [0.5, 0.6) is 5.75 Å². The van der Waals surface area contributed by atoms with E-state index in [0.29, 0.717) is 6.54 Å². The summed E-state index contributed by atoms with van der Waals surface area (Å²) in [7, 11) is 0. The van der Waals surface area contributed by atoms with Crippen LogP contribution in [-0.2, 0) is 0 Å². The second-order valence-corrected chi connectivity index (χ2v) is 4.62. The zero-order chi connectivity index (χ0) is 13.8. The van der Waals surface area contributed by atoms with Gasteiger partial charge in [-0.1, -0.05) is 63.0 Å². The fourth-order valence-electron chi connectivity index (χ4n) is 1.91. The lowest BCUT2D eigenvalue weighted by molar-refractivity contribution is 0.303. The zero-order valence-electron chi connectivity index (χ0n) is 12.0. The van der Waals surface area contributed by atoms with Crippen molar-refractivity contribution in [2.45, 2.75) is 45.4 Å². The number of nitrogens with two attached hydrogens (primary N) is 1. The Morgan fingerprint density at radius 2 is 1.79 bits per heavy atom. The molecule has 0 aliphatic rings. The van der Waals surface area contributed by atoms with E-state index in [1.54, 1.807) is 0 Å². The Kier molecular flexibility index (Phi) is 8.59. The van der Waals surface area contributed by atoms with E-state index < -0.39 is 0 Å². The maximum Gasteiger partial charge on any atom is 0.134 e. The molecule has 0 fully saturated rings.